The number of hydrogen-bond donors (Lipinski definition) is 1. The average molecular weight is 277 g/mol. The number of ketones is 1. The maximum atomic E-state index is 12.3. The zero-order valence-corrected chi connectivity index (χ0v) is 11.4. The minimum atomic E-state index is -1.09. The van der Waals surface area contributed by atoms with Crippen LogP contribution < -0.4 is 0 Å². The number of pyridine rings is 1. The molecular weight excluding hydrogens is 262 g/mol. The molecular formula is C18H15NO2. The second-order valence-corrected chi connectivity index (χ2v) is 4.94. The van der Waals surface area contributed by atoms with Crippen LogP contribution in [0.4, 0.5) is 0 Å². The third-order valence-corrected chi connectivity index (χ3v) is 3.52. The summed E-state index contributed by atoms with van der Waals surface area (Å²) in [7, 11) is 0. The van der Waals surface area contributed by atoms with Gasteiger partial charge in [-0.25, -0.2) is 0 Å². The molecule has 1 heterocycles. The molecule has 0 aliphatic heterocycles. The molecule has 0 aliphatic carbocycles. The van der Waals surface area contributed by atoms with E-state index in [0.717, 1.165) is 16.5 Å². The number of carbonyl (C=O) groups is 1. The predicted octanol–water partition coefficient (Wildman–Crippen LogP) is 3.08. The van der Waals surface area contributed by atoms with E-state index < -0.39 is 6.10 Å². The van der Waals surface area contributed by atoms with Gasteiger partial charge in [0, 0.05) is 18.0 Å². The molecule has 3 rings (SSSR count). The maximum absolute atomic E-state index is 12.3. The number of aliphatic hydroxyl groups is 1. The number of aromatic nitrogens is 1. The first-order valence-electron chi connectivity index (χ1n) is 6.84. The summed E-state index contributed by atoms with van der Waals surface area (Å²) < 4.78 is 0. The van der Waals surface area contributed by atoms with Crippen LogP contribution in [0.25, 0.3) is 10.9 Å². The monoisotopic (exact) mass is 277 g/mol. The van der Waals surface area contributed by atoms with Gasteiger partial charge in [0.25, 0.3) is 0 Å². The lowest BCUT2D eigenvalue weighted by Crippen LogP contribution is -2.14. The number of benzene rings is 2. The van der Waals surface area contributed by atoms with Crippen LogP contribution in [0, 0.1) is 0 Å². The van der Waals surface area contributed by atoms with Crippen LogP contribution in [0.1, 0.15) is 17.2 Å². The van der Waals surface area contributed by atoms with E-state index in [2.05, 4.69) is 4.98 Å². The fourth-order valence-electron chi connectivity index (χ4n) is 2.41. The number of nitrogens with zero attached hydrogens (tertiary/aromatic N) is 1. The van der Waals surface area contributed by atoms with Crippen molar-refractivity contribution in [1.29, 1.82) is 0 Å². The van der Waals surface area contributed by atoms with E-state index in [1.54, 1.807) is 18.3 Å². The molecule has 0 radical (unpaired) electrons. The molecule has 2 aromatic carbocycles. The van der Waals surface area contributed by atoms with Crippen LogP contribution >= 0.6 is 0 Å². The molecule has 3 aromatic rings. The van der Waals surface area contributed by atoms with E-state index in [4.69, 9.17) is 0 Å². The van der Waals surface area contributed by atoms with Crippen molar-refractivity contribution in [3.63, 3.8) is 0 Å². The van der Waals surface area contributed by atoms with Gasteiger partial charge in [-0.15, -0.1) is 0 Å². The molecule has 3 heteroatoms. The summed E-state index contributed by atoms with van der Waals surface area (Å²) in [6, 6.07) is 18.5. The first-order valence-corrected chi connectivity index (χ1v) is 6.84. The average Bonchev–Trinajstić information content (AvgIpc) is 2.55. The summed E-state index contributed by atoms with van der Waals surface area (Å²) in [6.45, 7) is 0. The van der Waals surface area contributed by atoms with E-state index in [-0.39, 0.29) is 12.2 Å². The van der Waals surface area contributed by atoms with Gasteiger partial charge in [-0.3, -0.25) is 9.78 Å². The molecule has 1 unspecified atom stereocenters. The standard InChI is InChI=1S/C18H15NO2/c20-17(18(21)13-6-2-1-3-7-13)12-14-10-11-19-16-9-5-4-8-15(14)16/h1-11,18,21H,12H2. The Hall–Kier alpha value is -2.52. The summed E-state index contributed by atoms with van der Waals surface area (Å²) in [5.74, 6) is -0.211. The molecule has 1 N–H and O–H groups in total. The molecule has 0 fully saturated rings. The third kappa shape index (κ3) is 2.83. The third-order valence-electron chi connectivity index (χ3n) is 3.52. The van der Waals surface area contributed by atoms with Crippen LogP contribution in [0.2, 0.25) is 0 Å². The number of Topliss-reactive ketones (excluding diaryl/α,β-unsaturated/α-hetero) is 1. The molecule has 0 aliphatic rings. The smallest absolute Gasteiger partial charge is 0.170 e. The zero-order valence-electron chi connectivity index (χ0n) is 11.4. The highest BCUT2D eigenvalue weighted by Crippen LogP contribution is 2.20. The van der Waals surface area contributed by atoms with E-state index in [9.17, 15) is 9.90 Å². The molecule has 0 saturated carbocycles. The van der Waals surface area contributed by atoms with Crippen molar-refractivity contribution in [3.05, 3.63) is 78.0 Å². The van der Waals surface area contributed by atoms with Crippen LogP contribution in [0.5, 0.6) is 0 Å². The van der Waals surface area contributed by atoms with Crippen molar-refractivity contribution in [2.24, 2.45) is 0 Å². The van der Waals surface area contributed by atoms with E-state index in [1.807, 2.05) is 48.5 Å². The molecule has 0 bridgehead atoms. The lowest BCUT2D eigenvalue weighted by atomic mass is 9.98. The van der Waals surface area contributed by atoms with E-state index in [1.165, 1.54) is 0 Å². The summed E-state index contributed by atoms with van der Waals surface area (Å²) in [5, 5.41) is 11.1. The highest BCUT2D eigenvalue weighted by molar-refractivity contribution is 5.91. The van der Waals surface area contributed by atoms with Crippen LogP contribution in [0.15, 0.2) is 66.9 Å². The van der Waals surface area contributed by atoms with Gasteiger partial charge in [0.15, 0.2) is 5.78 Å². The lowest BCUT2D eigenvalue weighted by molar-refractivity contribution is -0.126. The molecule has 104 valence electrons. The lowest BCUT2D eigenvalue weighted by Gasteiger charge is -2.11. The minimum Gasteiger partial charge on any atom is -0.381 e. The molecule has 1 aromatic heterocycles. The fraction of sp³-hybridized carbons (Fsp3) is 0.111. The number of rotatable bonds is 4. The molecule has 21 heavy (non-hydrogen) atoms. The Morgan fingerprint density at radius 1 is 1.00 bits per heavy atom. The molecule has 0 amide bonds. The van der Waals surface area contributed by atoms with Gasteiger partial charge in [0.2, 0.25) is 0 Å². The normalized spacial score (nSPS) is 12.2. The Morgan fingerprint density at radius 2 is 1.71 bits per heavy atom. The van der Waals surface area contributed by atoms with E-state index >= 15 is 0 Å². The Morgan fingerprint density at radius 3 is 2.52 bits per heavy atom. The quantitative estimate of drug-likeness (QED) is 0.797. The second-order valence-electron chi connectivity index (χ2n) is 4.94. The minimum absolute atomic E-state index is 0.194. The van der Waals surface area contributed by atoms with Crippen molar-refractivity contribution in [2.45, 2.75) is 12.5 Å². The fourth-order valence-corrected chi connectivity index (χ4v) is 2.41. The Kier molecular flexibility index (Phi) is 3.75. The van der Waals surface area contributed by atoms with Crippen molar-refractivity contribution in [1.82, 2.24) is 4.98 Å². The summed E-state index contributed by atoms with van der Waals surface area (Å²) in [5.41, 5.74) is 2.37. The highest BCUT2D eigenvalue weighted by atomic mass is 16.3. The first-order chi connectivity index (χ1) is 10.3. The molecule has 3 nitrogen and oxygen atoms in total. The van der Waals surface area contributed by atoms with Crippen LogP contribution in [-0.4, -0.2) is 15.9 Å². The Labute approximate surface area is 122 Å². The van der Waals surface area contributed by atoms with Crippen LogP contribution in [-0.2, 0) is 11.2 Å². The molecule has 0 spiro atoms. The largest absolute Gasteiger partial charge is 0.381 e. The molecule has 0 saturated heterocycles. The van der Waals surface area contributed by atoms with Gasteiger partial charge in [0.05, 0.1) is 5.52 Å². The number of hydrogen-bond acceptors (Lipinski definition) is 3. The topological polar surface area (TPSA) is 50.2 Å². The second kappa shape index (κ2) is 5.85. The van der Waals surface area contributed by atoms with Gasteiger partial charge in [-0.05, 0) is 23.3 Å². The number of fused-ring (bicyclic) bond motifs is 1. The van der Waals surface area contributed by atoms with Crippen molar-refractivity contribution in [3.8, 4) is 0 Å². The predicted molar refractivity (Wildman–Crippen MR) is 81.9 cm³/mol. The Bertz CT molecular complexity index is 763. The van der Waals surface area contributed by atoms with Gasteiger partial charge >= 0.3 is 0 Å². The summed E-state index contributed by atoms with van der Waals surface area (Å²) >= 11 is 0. The highest BCUT2D eigenvalue weighted by Gasteiger charge is 2.18. The van der Waals surface area contributed by atoms with Gasteiger partial charge < -0.3 is 5.11 Å². The summed E-state index contributed by atoms with van der Waals surface area (Å²) in [6.07, 6.45) is 0.803. The number of aliphatic hydroxyl groups excluding tert-OH is 1. The zero-order chi connectivity index (χ0) is 14.7. The van der Waals surface area contributed by atoms with Gasteiger partial charge in [0.1, 0.15) is 6.10 Å². The number of carbonyl (C=O) groups excluding carboxylic acids is 1. The van der Waals surface area contributed by atoms with E-state index in [0.29, 0.717) is 5.56 Å². The SMILES string of the molecule is O=C(Cc1ccnc2ccccc12)C(O)c1ccccc1. The molecule has 1 atom stereocenters. The first kappa shape index (κ1) is 13.5. The van der Waals surface area contributed by atoms with Gasteiger partial charge in [-0.1, -0.05) is 48.5 Å². The number of para-hydroxylation sites is 1. The van der Waals surface area contributed by atoms with Crippen LogP contribution in [0.3, 0.4) is 0 Å². The van der Waals surface area contributed by atoms with Crippen molar-refractivity contribution >= 4 is 16.7 Å². The van der Waals surface area contributed by atoms with Gasteiger partial charge in [-0.2, -0.15) is 0 Å². The Balaban J connectivity index is 1.87. The summed E-state index contributed by atoms with van der Waals surface area (Å²) in [4.78, 5) is 16.6. The maximum Gasteiger partial charge on any atom is 0.170 e. The van der Waals surface area contributed by atoms with Crippen molar-refractivity contribution in [2.75, 3.05) is 0 Å². The van der Waals surface area contributed by atoms with Crippen molar-refractivity contribution < 1.29 is 9.90 Å².